The van der Waals surface area contributed by atoms with E-state index in [9.17, 15) is 0 Å². The van der Waals surface area contributed by atoms with E-state index in [0.717, 1.165) is 23.4 Å². The zero-order valence-corrected chi connectivity index (χ0v) is 15.2. The molecule has 1 aliphatic rings. The SMILES string of the molecule is C=C1C=C(c2cc(CC)c(Br)cc2C)Cc2c(Cl)cccc21. The van der Waals surface area contributed by atoms with Gasteiger partial charge < -0.3 is 0 Å². The van der Waals surface area contributed by atoms with Gasteiger partial charge in [-0.2, -0.15) is 0 Å². The van der Waals surface area contributed by atoms with Crippen LogP contribution in [-0.4, -0.2) is 0 Å². The van der Waals surface area contributed by atoms with Crippen LogP contribution in [0.5, 0.6) is 0 Å². The second kappa shape index (κ2) is 6.06. The summed E-state index contributed by atoms with van der Waals surface area (Å²) < 4.78 is 1.19. The van der Waals surface area contributed by atoms with Gasteiger partial charge in [-0.05, 0) is 64.4 Å². The molecule has 2 heteroatoms. The van der Waals surface area contributed by atoms with E-state index in [0.29, 0.717) is 0 Å². The van der Waals surface area contributed by atoms with E-state index in [4.69, 9.17) is 11.6 Å². The van der Waals surface area contributed by atoms with Crippen LogP contribution in [0.4, 0.5) is 0 Å². The average molecular weight is 374 g/mol. The van der Waals surface area contributed by atoms with Gasteiger partial charge in [-0.25, -0.2) is 0 Å². The van der Waals surface area contributed by atoms with Crippen molar-refractivity contribution in [3.8, 4) is 0 Å². The molecule has 0 atom stereocenters. The molecule has 0 N–H and O–H groups in total. The van der Waals surface area contributed by atoms with E-state index >= 15 is 0 Å². The van der Waals surface area contributed by atoms with Crippen LogP contribution in [0.25, 0.3) is 11.1 Å². The maximum absolute atomic E-state index is 6.41. The van der Waals surface area contributed by atoms with Crippen molar-refractivity contribution in [2.75, 3.05) is 0 Å². The average Bonchev–Trinajstić information content (AvgIpc) is 2.48. The quantitative estimate of drug-likeness (QED) is 0.554. The van der Waals surface area contributed by atoms with Gasteiger partial charge in [0.05, 0.1) is 0 Å². The Kier molecular flexibility index (Phi) is 4.29. The monoisotopic (exact) mass is 372 g/mol. The normalized spacial score (nSPS) is 13.8. The number of halogens is 2. The molecular weight excluding hydrogens is 356 g/mol. The molecule has 0 aliphatic heterocycles. The van der Waals surface area contributed by atoms with Gasteiger partial charge in [-0.3, -0.25) is 0 Å². The molecule has 2 aromatic carbocycles. The van der Waals surface area contributed by atoms with Crippen molar-refractivity contribution < 1.29 is 0 Å². The maximum atomic E-state index is 6.41. The molecular formula is C20H18BrCl. The van der Waals surface area contributed by atoms with Gasteiger partial charge in [0.1, 0.15) is 0 Å². The third kappa shape index (κ3) is 2.68. The van der Waals surface area contributed by atoms with Gasteiger partial charge in [-0.15, -0.1) is 0 Å². The van der Waals surface area contributed by atoms with Crippen LogP contribution in [0.15, 0.2) is 47.5 Å². The van der Waals surface area contributed by atoms with Crippen LogP contribution in [-0.2, 0) is 12.8 Å². The second-order valence-corrected chi connectivity index (χ2v) is 7.01. The number of aryl methyl sites for hydroxylation is 2. The number of hydrogen-bond acceptors (Lipinski definition) is 0. The largest absolute Gasteiger partial charge is 0.0911 e. The smallest absolute Gasteiger partial charge is 0.0447 e. The molecule has 0 nitrogen and oxygen atoms in total. The van der Waals surface area contributed by atoms with Gasteiger partial charge >= 0.3 is 0 Å². The van der Waals surface area contributed by atoms with E-state index in [2.05, 4.69) is 60.6 Å². The predicted octanol–water partition coefficient (Wildman–Crippen LogP) is 6.63. The molecule has 0 heterocycles. The minimum absolute atomic E-state index is 0.828. The molecule has 22 heavy (non-hydrogen) atoms. The summed E-state index contributed by atoms with van der Waals surface area (Å²) in [7, 11) is 0. The lowest BCUT2D eigenvalue weighted by molar-refractivity contribution is 1.11. The minimum atomic E-state index is 0.828. The highest BCUT2D eigenvalue weighted by molar-refractivity contribution is 9.10. The summed E-state index contributed by atoms with van der Waals surface area (Å²) >= 11 is 10.1. The Labute approximate surface area is 145 Å². The lowest BCUT2D eigenvalue weighted by Gasteiger charge is -2.22. The fraction of sp³-hybridized carbons (Fsp3) is 0.200. The van der Waals surface area contributed by atoms with Crippen LogP contribution in [0, 0.1) is 6.92 Å². The molecule has 0 saturated heterocycles. The van der Waals surface area contributed by atoms with Crippen LogP contribution >= 0.6 is 27.5 Å². The summed E-state index contributed by atoms with van der Waals surface area (Å²) in [5.41, 5.74) is 8.60. The van der Waals surface area contributed by atoms with Crippen molar-refractivity contribution in [1.29, 1.82) is 0 Å². The van der Waals surface area contributed by atoms with Gasteiger partial charge in [0, 0.05) is 15.9 Å². The van der Waals surface area contributed by atoms with Crippen molar-refractivity contribution >= 4 is 38.7 Å². The van der Waals surface area contributed by atoms with Crippen molar-refractivity contribution in [1.82, 2.24) is 0 Å². The standard InChI is InChI=1S/C20H18BrCl/c1-4-14-10-17(13(3)9-19(14)21)15-8-12(2)16-6-5-7-20(22)18(16)11-15/h5-10H,2,4,11H2,1,3H3. The lowest BCUT2D eigenvalue weighted by atomic mass is 9.84. The summed E-state index contributed by atoms with van der Waals surface area (Å²) in [6.07, 6.45) is 4.08. The zero-order chi connectivity index (χ0) is 15.9. The molecule has 112 valence electrons. The summed E-state index contributed by atoms with van der Waals surface area (Å²) in [5, 5.41) is 0.828. The molecule has 0 fully saturated rings. The van der Waals surface area contributed by atoms with Gasteiger partial charge in [0.15, 0.2) is 0 Å². The first kappa shape index (κ1) is 15.6. The zero-order valence-electron chi connectivity index (χ0n) is 12.8. The highest BCUT2D eigenvalue weighted by Crippen LogP contribution is 2.38. The molecule has 0 spiro atoms. The fourth-order valence-electron chi connectivity index (χ4n) is 3.08. The third-order valence-electron chi connectivity index (χ3n) is 4.30. The van der Waals surface area contributed by atoms with Crippen molar-refractivity contribution in [3.05, 3.63) is 80.3 Å². The van der Waals surface area contributed by atoms with E-state index in [1.807, 2.05) is 12.1 Å². The number of benzene rings is 2. The van der Waals surface area contributed by atoms with Crippen LogP contribution in [0.1, 0.15) is 34.7 Å². The molecule has 0 saturated carbocycles. The van der Waals surface area contributed by atoms with Crippen LogP contribution < -0.4 is 0 Å². The number of allylic oxidation sites excluding steroid dienone is 3. The number of fused-ring (bicyclic) bond motifs is 1. The van der Waals surface area contributed by atoms with E-state index in [1.54, 1.807) is 0 Å². The Balaban J connectivity index is 2.12. The Morgan fingerprint density at radius 1 is 1.23 bits per heavy atom. The second-order valence-electron chi connectivity index (χ2n) is 5.75. The van der Waals surface area contributed by atoms with Crippen LogP contribution in [0.3, 0.4) is 0 Å². The Hall–Kier alpha value is -1.31. The van der Waals surface area contributed by atoms with Gasteiger partial charge in [0.25, 0.3) is 0 Å². The molecule has 3 rings (SSSR count). The molecule has 0 aromatic heterocycles. The molecule has 0 radical (unpaired) electrons. The molecule has 0 bridgehead atoms. The Morgan fingerprint density at radius 2 is 2.00 bits per heavy atom. The van der Waals surface area contributed by atoms with Gasteiger partial charge in [-0.1, -0.05) is 65.3 Å². The van der Waals surface area contributed by atoms with Crippen LogP contribution in [0.2, 0.25) is 5.02 Å². The summed E-state index contributed by atoms with van der Waals surface area (Å²) in [6.45, 7) is 8.56. The first-order valence-corrected chi connectivity index (χ1v) is 8.65. The molecule has 0 unspecified atom stereocenters. The fourth-order valence-corrected chi connectivity index (χ4v) is 4.06. The summed E-state index contributed by atoms with van der Waals surface area (Å²) in [4.78, 5) is 0. The minimum Gasteiger partial charge on any atom is -0.0911 e. The van der Waals surface area contributed by atoms with Crippen molar-refractivity contribution in [2.24, 2.45) is 0 Å². The molecule has 2 aromatic rings. The first-order valence-electron chi connectivity index (χ1n) is 7.48. The van der Waals surface area contributed by atoms with Gasteiger partial charge in [0.2, 0.25) is 0 Å². The molecule has 0 amide bonds. The third-order valence-corrected chi connectivity index (χ3v) is 5.39. The van der Waals surface area contributed by atoms with Crippen molar-refractivity contribution in [2.45, 2.75) is 26.7 Å². The van der Waals surface area contributed by atoms with Crippen molar-refractivity contribution in [3.63, 3.8) is 0 Å². The Morgan fingerprint density at radius 3 is 2.73 bits per heavy atom. The highest BCUT2D eigenvalue weighted by Gasteiger charge is 2.19. The number of rotatable bonds is 2. The predicted molar refractivity (Wildman–Crippen MR) is 100 cm³/mol. The first-order chi connectivity index (χ1) is 10.5. The number of hydrogen-bond donors (Lipinski definition) is 0. The highest BCUT2D eigenvalue weighted by atomic mass is 79.9. The topological polar surface area (TPSA) is 0 Å². The lowest BCUT2D eigenvalue weighted by Crippen LogP contribution is -2.04. The van der Waals surface area contributed by atoms with E-state index in [-0.39, 0.29) is 0 Å². The van der Waals surface area contributed by atoms with E-state index in [1.165, 1.54) is 37.9 Å². The van der Waals surface area contributed by atoms with E-state index < -0.39 is 0 Å². The Bertz CT molecular complexity index is 800. The molecule has 1 aliphatic carbocycles. The summed E-state index contributed by atoms with van der Waals surface area (Å²) in [5.74, 6) is 0. The maximum Gasteiger partial charge on any atom is 0.0447 e. The summed E-state index contributed by atoms with van der Waals surface area (Å²) in [6, 6.07) is 10.6.